The molecule has 0 spiro atoms. The number of amides is 1. The molecule has 1 aromatic carbocycles. The quantitative estimate of drug-likeness (QED) is 0.882. The summed E-state index contributed by atoms with van der Waals surface area (Å²) in [6.45, 7) is 4.01. The van der Waals surface area contributed by atoms with Crippen LogP contribution in [-0.2, 0) is 6.42 Å². The molecule has 0 saturated heterocycles. The highest BCUT2D eigenvalue weighted by Gasteiger charge is 2.12. The highest BCUT2D eigenvalue weighted by Crippen LogP contribution is 2.21. The fourth-order valence-corrected chi connectivity index (χ4v) is 1.84. The van der Waals surface area contributed by atoms with Crippen LogP contribution in [0.1, 0.15) is 28.5 Å². The molecule has 1 heterocycles. The lowest BCUT2D eigenvalue weighted by Gasteiger charge is -2.12. The molecule has 1 aromatic heterocycles. The summed E-state index contributed by atoms with van der Waals surface area (Å²) in [7, 11) is 0. The molecule has 98 valence electrons. The van der Waals surface area contributed by atoms with E-state index in [9.17, 15) is 4.79 Å². The number of hydrogen-bond donors (Lipinski definition) is 2. The average molecular weight is 256 g/mol. The van der Waals surface area contributed by atoms with E-state index in [0.29, 0.717) is 5.82 Å². The first-order chi connectivity index (χ1) is 9.11. The van der Waals surface area contributed by atoms with Gasteiger partial charge in [-0.15, -0.1) is 10.2 Å². The molecular weight excluding hydrogens is 240 g/mol. The number of para-hydroxylation sites is 1. The molecule has 3 N–H and O–H groups in total. The molecule has 5 heteroatoms. The van der Waals surface area contributed by atoms with Crippen molar-refractivity contribution in [2.45, 2.75) is 20.3 Å². The van der Waals surface area contributed by atoms with Gasteiger partial charge in [-0.05, 0) is 36.6 Å². The van der Waals surface area contributed by atoms with Crippen LogP contribution < -0.4 is 11.1 Å². The van der Waals surface area contributed by atoms with Gasteiger partial charge in [0.05, 0.1) is 0 Å². The Bertz CT molecular complexity index is 593. The highest BCUT2D eigenvalue weighted by atomic mass is 16.1. The van der Waals surface area contributed by atoms with Crippen LogP contribution in [0.5, 0.6) is 0 Å². The van der Waals surface area contributed by atoms with Crippen LogP contribution in [0.25, 0.3) is 0 Å². The molecule has 0 saturated carbocycles. The Labute approximate surface area is 111 Å². The summed E-state index contributed by atoms with van der Waals surface area (Å²) in [5.74, 6) is 0.0122. The van der Waals surface area contributed by atoms with Gasteiger partial charge in [-0.3, -0.25) is 4.79 Å². The Morgan fingerprint density at radius 3 is 2.68 bits per heavy atom. The van der Waals surface area contributed by atoms with E-state index >= 15 is 0 Å². The summed E-state index contributed by atoms with van der Waals surface area (Å²) < 4.78 is 0. The van der Waals surface area contributed by atoms with Crippen molar-refractivity contribution in [3.8, 4) is 0 Å². The zero-order valence-corrected chi connectivity index (χ0v) is 11.0. The predicted octanol–water partition coefficient (Wildman–Crippen LogP) is 2.18. The summed E-state index contributed by atoms with van der Waals surface area (Å²) in [4.78, 5) is 12.1. The summed E-state index contributed by atoms with van der Waals surface area (Å²) in [6.07, 6.45) is 0.852. The number of aryl methyl sites for hydroxylation is 2. The second-order valence-corrected chi connectivity index (χ2v) is 4.26. The number of nitrogens with two attached hydrogens (primary N) is 1. The number of nitrogens with one attached hydrogen (secondary N) is 1. The number of carbonyl (C=O) groups is 1. The first-order valence-electron chi connectivity index (χ1n) is 6.11. The topological polar surface area (TPSA) is 80.9 Å². The summed E-state index contributed by atoms with van der Waals surface area (Å²) in [5, 5.41) is 10.3. The van der Waals surface area contributed by atoms with Gasteiger partial charge < -0.3 is 11.1 Å². The maximum atomic E-state index is 12.1. The number of hydrogen-bond acceptors (Lipinski definition) is 4. The molecule has 0 atom stereocenters. The van der Waals surface area contributed by atoms with E-state index in [1.807, 2.05) is 32.0 Å². The number of nitrogens with zero attached hydrogens (tertiary/aromatic N) is 2. The van der Waals surface area contributed by atoms with Crippen molar-refractivity contribution in [1.82, 2.24) is 10.2 Å². The number of carbonyl (C=O) groups excluding carboxylic acids is 1. The summed E-state index contributed by atoms with van der Waals surface area (Å²) in [5.41, 5.74) is 8.65. The minimum atomic E-state index is -0.281. The Balaban J connectivity index is 2.26. The third-order valence-corrected chi connectivity index (χ3v) is 2.90. The number of rotatable bonds is 3. The van der Waals surface area contributed by atoms with E-state index in [0.717, 1.165) is 23.2 Å². The van der Waals surface area contributed by atoms with Crippen LogP contribution in [-0.4, -0.2) is 16.1 Å². The molecule has 2 aromatic rings. The van der Waals surface area contributed by atoms with Crippen molar-refractivity contribution in [2.24, 2.45) is 0 Å². The van der Waals surface area contributed by atoms with Crippen LogP contribution in [0.4, 0.5) is 11.5 Å². The molecule has 0 aliphatic carbocycles. The van der Waals surface area contributed by atoms with Crippen LogP contribution in [0.2, 0.25) is 0 Å². The van der Waals surface area contributed by atoms with E-state index in [-0.39, 0.29) is 11.6 Å². The SMILES string of the molecule is CCc1cccc(C)c1NC(=O)c1ccc(N)nn1. The van der Waals surface area contributed by atoms with Crippen molar-refractivity contribution >= 4 is 17.4 Å². The third kappa shape index (κ3) is 2.88. The van der Waals surface area contributed by atoms with E-state index < -0.39 is 0 Å². The first-order valence-corrected chi connectivity index (χ1v) is 6.11. The summed E-state index contributed by atoms with van der Waals surface area (Å²) >= 11 is 0. The lowest BCUT2D eigenvalue weighted by atomic mass is 10.1. The second-order valence-electron chi connectivity index (χ2n) is 4.26. The van der Waals surface area contributed by atoms with Crippen LogP contribution in [0.15, 0.2) is 30.3 Å². The van der Waals surface area contributed by atoms with Crippen molar-refractivity contribution in [1.29, 1.82) is 0 Å². The predicted molar refractivity (Wildman–Crippen MR) is 75.0 cm³/mol. The van der Waals surface area contributed by atoms with Gasteiger partial charge in [0.15, 0.2) is 5.69 Å². The lowest BCUT2D eigenvalue weighted by Crippen LogP contribution is -2.16. The van der Waals surface area contributed by atoms with Gasteiger partial charge in [0, 0.05) is 5.69 Å². The Morgan fingerprint density at radius 1 is 1.26 bits per heavy atom. The van der Waals surface area contributed by atoms with Gasteiger partial charge in [0.2, 0.25) is 0 Å². The van der Waals surface area contributed by atoms with Gasteiger partial charge >= 0.3 is 0 Å². The summed E-state index contributed by atoms with van der Waals surface area (Å²) in [6, 6.07) is 9.05. The second kappa shape index (κ2) is 5.48. The van der Waals surface area contributed by atoms with E-state index in [1.54, 1.807) is 12.1 Å². The number of benzene rings is 1. The smallest absolute Gasteiger partial charge is 0.276 e. The number of anilines is 2. The average Bonchev–Trinajstić information content (AvgIpc) is 2.41. The molecular formula is C14H16N4O. The zero-order valence-electron chi connectivity index (χ0n) is 11.0. The van der Waals surface area contributed by atoms with Crippen molar-refractivity contribution < 1.29 is 4.79 Å². The van der Waals surface area contributed by atoms with Crippen molar-refractivity contribution in [2.75, 3.05) is 11.1 Å². The lowest BCUT2D eigenvalue weighted by molar-refractivity contribution is 0.102. The third-order valence-electron chi connectivity index (χ3n) is 2.90. The van der Waals surface area contributed by atoms with Crippen LogP contribution in [0, 0.1) is 6.92 Å². The van der Waals surface area contributed by atoms with Crippen molar-refractivity contribution in [3.05, 3.63) is 47.2 Å². The van der Waals surface area contributed by atoms with Gasteiger partial charge in [-0.25, -0.2) is 0 Å². The Hall–Kier alpha value is -2.43. The normalized spacial score (nSPS) is 10.2. The zero-order chi connectivity index (χ0) is 13.8. The van der Waals surface area contributed by atoms with Gasteiger partial charge in [0.1, 0.15) is 5.82 Å². The molecule has 0 fully saturated rings. The van der Waals surface area contributed by atoms with E-state index in [4.69, 9.17) is 5.73 Å². The van der Waals surface area contributed by atoms with Gasteiger partial charge in [-0.2, -0.15) is 0 Å². The minimum Gasteiger partial charge on any atom is -0.382 e. The molecule has 19 heavy (non-hydrogen) atoms. The molecule has 0 radical (unpaired) electrons. The maximum Gasteiger partial charge on any atom is 0.276 e. The highest BCUT2D eigenvalue weighted by molar-refractivity contribution is 6.03. The molecule has 5 nitrogen and oxygen atoms in total. The fourth-order valence-electron chi connectivity index (χ4n) is 1.84. The molecule has 1 amide bonds. The number of aromatic nitrogens is 2. The first kappa shape index (κ1) is 13.0. The molecule has 0 aliphatic heterocycles. The molecule has 2 rings (SSSR count). The standard InChI is InChI=1S/C14H16N4O/c1-3-10-6-4-5-9(2)13(10)16-14(19)11-7-8-12(15)18-17-11/h4-8H,3H2,1-2H3,(H2,15,18)(H,16,19). The number of nitrogen functional groups attached to an aromatic ring is 1. The monoisotopic (exact) mass is 256 g/mol. The fraction of sp³-hybridized carbons (Fsp3) is 0.214. The van der Waals surface area contributed by atoms with E-state index in [2.05, 4.69) is 15.5 Å². The largest absolute Gasteiger partial charge is 0.382 e. The molecule has 0 unspecified atom stereocenters. The molecule has 0 bridgehead atoms. The Kier molecular flexibility index (Phi) is 3.75. The van der Waals surface area contributed by atoms with Gasteiger partial charge in [-0.1, -0.05) is 25.1 Å². The van der Waals surface area contributed by atoms with Gasteiger partial charge in [0.25, 0.3) is 5.91 Å². The molecule has 0 aliphatic rings. The van der Waals surface area contributed by atoms with Crippen LogP contribution >= 0.6 is 0 Å². The van der Waals surface area contributed by atoms with E-state index in [1.165, 1.54) is 0 Å². The minimum absolute atomic E-state index is 0.250. The van der Waals surface area contributed by atoms with Crippen molar-refractivity contribution in [3.63, 3.8) is 0 Å². The maximum absolute atomic E-state index is 12.1. The van der Waals surface area contributed by atoms with Crippen LogP contribution in [0.3, 0.4) is 0 Å². The Morgan fingerprint density at radius 2 is 2.05 bits per heavy atom.